The number of benzene rings is 1. The molecule has 9 heteroatoms. The van der Waals surface area contributed by atoms with Crippen molar-refractivity contribution in [2.24, 2.45) is 10.7 Å². The summed E-state index contributed by atoms with van der Waals surface area (Å²) < 4.78 is 0. The van der Waals surface area contributed by atoms with E-state index in [-0.39, 0.29) is 6.54 Å². The molecule has 0 aromatic heterocycles. The topological polar surface area (TPSA) is 137 Å². The fourth-order valence-corrected chi connectivity index (χ4v) is 2.70. The first-order valence-electron chi connectivity index (χ1n) is 8.83. The van der Waals surface area contributed by atoms with E-state index in [4.69, 9.17) is 17.3 Å². The molecule has 1 heterocycles. The maximum Gasteiger partial charge on any atom is 0.306 e. The Morgan fingerprint density at radius 3 is 2.68 bits per heavy atom. The number of nitrogens with zero attached hydrogens (tertiary/aromatic N) is 2. The molecule has 0 radical (unpaired) electrons. The normalized spacial score (nSPS) is 14.8. The van der Waals surface area contributed by atoms with E-state index < -0.39 is 30.2 Å². The lowest BCUT2D eigenvalue weighted by Gasteiger charge is -2.15. The van der Waals surface area contributed by atoms with Crippen LogP contribution in [0.15, 0.2) is 29.3 Å². The Morgan fingerprint density at radius 1 is 1.32 bits per heavy atom. The summed E-state index contributed by atoms with van der Waals surface area (Å²) in [7, 11) is 0. The fourth-order valence-electron chi connectivity index (χ4n) is 2.70. The van der Waals surface area contributed by atoms with Gasteiger partial charge in [0.25, 0.3) is 5.91 Å². The van der Waals surface area contributed by atoms with E-state index in [9.17, 15) is 14.4 Å². The Balaban J connectivity index is 1.92. The number of aliphatic carboxylic acids is 1. The largest absolute Gasteiger partial charge is 0.481 e. The lowest BCUT2D eigenvalue weighted by Crippen LogP contribution is -2.42. The number of carboxylic acid groups (broad SMARTS) is 1. The minimum absolute atomic E-state index is 0.322. The number of guanidine groups is 1. The van der Waals surface area contributed by atoms with Gasteiger partial charge in [-0.15, -0.1) is 6.42 Å². The summed E-state index contributed by atoms with van der Waals surface area (Å²) in [5.41, 5.74) is 6.85. The predicted octanol–water partition coefficient (Wildman–Crippen LogP) is 0.0511. The molecule has 0 bridgehead atoms. The zero-order chi connectivity index (χ0) is 20.5. The minimum atomic E-state index is -1.13. The maximum atomic E-state index is 12.3. The molecule has 1 saturated heterocycles. The monoisotopic (exact) mass is 385 g/mol. The average Bonchev–Trinajstić information content (AvgIpc) is 3.20. The number of carbonyl (C=O) groups excluding carboxylic acids is 2. The highest BCUT2D eigenvalue weighted by Gasteiger charge is 2.15. The summed E-state index contributed by atoms with van der Waals surface area (Å²) in [4.78, 5) is 41.1. The van der Waals surface area contributed by atoms with Crippen LogP contribution in [0.4, 0.5) is 5.69 Å². The number of nitrogens with one attached hydrogen (secondary N) is 2. The molecule has 2 rings (SSSR count). The molecule has 2 amide bonds. The minimum Gasteiger partial charge on any atom is -0.481 e. The Morgan fingerprint density at radius 2 is 2.04 bits per heavy atom. The molecule has 0 aliphatic carbocycles. The second kappa shape index (κ2) is 9.97. The molecule has 9 nitrogen and oxygen atoms in total. The van der Waals surface area contributed by atoms with E-state index in [1.807, 2.05) is 4.90 Å². The van der Waals surface area contributed by atoms with Crippen LogP contribution in [0.1, 0.15) is 29.6 Å². The summed E-state index contributed by atoms with van der Waals surface area (Å²) in [6.07, 6.45) is 6.94. The molecule has 1 aliphatic rings. The van der Waals surface area contributed by atoms with Gasteiger partial charge in [0.15, 0.2) is 5.96 Å². The number of carbonyl (C=O) groups is 3. The van der Waals surface area contributed by atoms with Gasteiger partial charge < -0.3 is 26.4 Å². The van der Waals surface area contributed by atoms with Crippen LogP contribution in [0.5, 0.6) is 0 Å². The molecule has 1 aliphatic heterocycles. The molecule has 148 valence electrons. The van der Waals surface area contributed by atoms with Crippen LogP contribution in [0.25, 0.3) is 0 Å². The number of terminal acetylenes is 1. The quantitative estimate of drug-likeness (QED) is 0.297. The van der Waals surface area contributed by atoms with Gasteiger partial charge >= 0.3 is 5.97 Å². The molecule has 1 aromatic carbocycles. The van der Waals surface area contributed by atoms with Gasteiger partial charge in [0.1, 0.15) is 6.04 Å². The first-order chi connectivity index (χ1) is 13.4. The molecule has 0 spiro atoms. The zero-order valence-electron chi connectivity index (χ0n) is 15.4. The Kier molecular flexibility index (Phi) is 7.39. The number of hydrogen-bond donors (Lipinski definition) is 4. The van der Waals surface area contributed by atoms with Crippen LogP contribution in [-0.2, 0) is 9.59 Å². The second-order valence-electron chi connectivity index (χ2n) is 6.28. The summed E-state index contributed by atoms with van der Waals surface area (Å²) in [6, 6.07) is 5.63. The van der Waals surface area contributed by atoms with Crippen molar-refractivity contribution in [2.45, 2.75) is 25.3 Å². The summed E-state index contributed by atoms with van der Waals surface area (Å²) in [5.74, 6) is 0.411. The first-order valence-corrected chi connectivity index (χ1v) is 8.83. The van der Waals surface area contributed by atoms with Crippen molar-refractivity contribution in [3.8, 4) is 12.3 Å². The lowest BCUT2D eigenvalue weighted by molar-refractivity contribution is -0.137. The van der Waals surface area contributed by atoms with Gasteiger partial charge in [-0.05, 0) is 31.0 Å². The molecule has 1 atom stereocenters. The van der Waals surface area contributed by atoms with Gasteiger partial charge in [0.05, 0.1) is 18.7 Å². The van der Waals surface area contributed by atoms with E-state index in [0.717, 1.165) is 25.9 Å². The molecule has 0 unspecified atom stereocenters. The van der Waals surface area contributed by atoms with Gasteiger partial charge in [-0.3, -0.25) is 14.4 Å². The van der Waals surface area contributed by atoms with Crippen molar-refractivity contribution in [2.75, 3.05) is 19.6 Å². The van der Waals surface area contributed by atoms with Crippen molar-refractivity contribution in [1.82, 2.24) is 15.5 Å². The average molecular weight is 385 g/mol. The Hall–Kier alpha value is -3.54. The summed E-state index contributed by atoms with van der Waals surface area (Å²) in [6.45, 7) is 1.40. The van der Waals surface area contributed by atoms with Gasteiger partial charge in [0, 0.05) is 18.7 Å². The number of hydrogen-bond acceptors (Lipinski definition) is 4. The number of nitrogens with two attached hydrogens (primary N) is 1. The van der Waals surface area contributed by atoms with Crippen molar-refractivity contribution in [3.63, 3.8) is 0 Å². The van der Waals surface area contributed by atoms with Crippen LogP contribution < -0.4 is 16.4 Å². The van der Waals surface area contributed by atoms with E-state index in [0.29, 0.717) is 17.2 Å². The molecule has 1 aromatic rings. The highest BCUT2D eigenvalue weighted by molar-refractivity contribution is 5.97. The third-order valence-electron chi connectivity index (χ3n) is 4.11. The Bertz CT molecular complexity index is 809. The molecule has 1 fully saturated rings. The molecular formula is C19H23N5O4. The van der Waals surface area contributed by atoms with Gasteiger partial charge in [-0.1, -0.05) is 12.0 Å². The van der Waals surface area contributed by atoms with E-state index in [1.54, 1.807) is 24.3 Å². The zero-order valence-corrected chi connectivity index (χ0v) is 15.4. The molecular weight excluding hydrogens is 362 g/mol. The van der Waals surface area contributed by atoms with Crippen LogP contribution in [0.3, 0.4) is 0 Å². The number of carboxylic acids is 1. The SMILES string of the molecule is C#C[C@H](CC(=O)O)NC(=O)CNC(=O)c1cccc(N=C(N)N2CCCC2)c1. The number of rotatable bonds is 7. The van der Waals surface area contributed by atoms with Crippen molar-refractivity contribution < 1.29 is 19.5 Å². The number of aliphatic imine (C=N–C) groups is 1. The van der Waals surface area contributed by atoms with E-state index >= 15 is 0 Å². The standard InChI is InChI=1S/C19H23N5O4/c1-2-14(11-17(26)27)22-16(25)12-21-18(28)13-6-5-7-15(10-13)23-19(20)24-8-3-4-9-24/h1,5-7,10,14H,3-4,8-9,11-12H2,(H2,20,23)(H,21,28)(H,22,25)(H,26,27)/t14-/m1/s1. The Labute approximate surface area is 163 Å². The maximum absolute atomic E-state index is 12.3. The van der Waals surface area contributed by atoms with E-state index in [2.05, 4.69) is 21.5 Å². The van der Waals surface area contributed by atoms with E-state index in [1.165, 1.54) is 0 Å². The van der Waals surface area contributed by atoms with Crippen molar-refractivity contribution >= 4 is 29.4 Å². The lowest BCUT2D eigenvalue weighted by atomic mass is 10.2. The summed E-state index contributed by atoms with van der Waals surface area (Å²) in [5, 5.41) is 13.5. The number of amides is 2. The molecule has 28 heavy (non-hydrogen) atoms. The van der Waals surface area contributed by atoms with Crippen molar-refractivity contribution in [3.05, 3.63) is 29.8 Å². The highest BCUT2D eigenvalue weighted by Crippen LogP contribution is 2.16. The van der Waals surface area contributed by atoms with Crippen LogP contribution in [0, 0.1) is 12.3 Å². The molecule has 0 saturated carbocycles. The van der Waals surface area contributed by atoms with Gasteiger partial charge in [-0.2, -0.15) is 0 Å². The third-order valence-corrected chi connectivity index (χ3v) is 4.11. The first kappa shape index (κ1) is 20.8. The van der Waals surface area contributed by atoms with Crippen LogP contribution >= 0.6 is 0 Å². The highest BCUT2D eigenvalue weighted by atomic mass is 16.4. The van der Waals surface area contributed by atoms with Crippen LogP contribution in [0.2, 0.25) is 0 Å². The predicted molar refractivity (Wildman–Crippen MR) is 104 cm³/mol. The number of likely N-dealkylation sites (tertiary alicyclic amines) is 1. The third kappa shape index (κ3) is 6.32. The van der Waals surface area contributed by atoms with Gasteiger partial charge in [-0.25, -0.2) is 4.99 Å². The second-order valence-corrected chi connectivity index (χ2v) is 6.28. The molecule has 5 N–H and O–H groups in total. The smallest absolute Gasteiger partial charge is 0.306 e. The van der Waals surface area contributed by atoms with Crippen molar-refractivity contribution in [1.29, 1.82) is 0 Å². The fraction of sp³-hybridized carbons (Fsp3) is 0.368. The van der Waals surface area contributed by atoms with Crippen LogP contribution in [-0.4, -0.2) is 59.4 Å². The van der Waals surface area contributed by atoms with Gasteiger partial charge in [0.2, 0.25) is 5.91 Å². The summed E-state index contributed by atoms with van der Waals surface area (Å²) >= 11 is 0.